The SMILES string of the molecule is CN1c2nc3c(c(-c4ccccc4)c2C=CC1c1c2ccccc2c(-c2ccc4c(-c5ccccc5)c5c(nc4n2)-c2cccc4cccc-5c24)c2ccccc12)-c1cccc2cccc-3c12. The van der Waals surface area contributed by atoms with Crippen molar-refractivity contribution in [2.24, 2.45) is 0 Å². The minimum Gasteiger partial charge on any atom is -0.349 e. The second kappa shape index (κ2) is 13.6. The summed E-state index contributed by atoms with van der Waals surface area (Å²) in [7, 11) is 2.22. The molecule has 4 heteroatoms. The molecule has 0 amide bonds. The van der Waals surface area contributed by atoms with Crippen LogP contribution in [0.4, 0.5) is 5.82 Å². The lowest BCUT2D eigenvalue weighted by Crippen LogP contribution is -2.27. The van der Waals surface area contributed by atoms with Gasteiger partial charge in [0.2, 0.25) is 0 Å². The molecule has 1 aliphatic heterocycles. The molecule has 0 spiro atoms. The van der Waals surface area contributed by atoms with E-state index < -0.39 is 0 Å². The van der Waals surface area contributed by atoms with Gasteiger partial charge in [-0.15, -0.1) is 0 Å². The zero-order valence-electron chi connectivity index (χ0n) is 36.5. The van der Waals surface area contributed by atoms with Crippen molar-refractivity contribution < 1.29 is 0 Å². The molecule has 0 N–H and O–H groups in total. The highest BCUT2D eigenvalue weighted by molar-refractivity contribution is 6.22. The van der Waals surface area contributed by atoms with Crippen molar-refractivity contribution in [3.8, 4) is 78.3 Å². The highest BCUT2D eigenvalue weighted by atomic mass is 15.2. The Morgan fingerprint density at radius 2 is 0.896 bits per heavy atom. The average molecular weight is 851 g/mol. The molecule has 4 nitrogen and oxygen atoms in total. The number of benzene rings is 9. The first-order valence-corrected chi connectivity index (χ1v) is 23.1. The van der Waals surface area contributed by atoms with Gasteiger partial charge in [-0.05, 0) is 83.0 Å². The van der Waals surface area contributed by atoms with Gasteiger partial charge in [0.25, 0.3) is 0 Å². The summed E-state index contributed by atoms with van der Waals surface area (Å²) in [4.78, 5) is 19.1. The number of anilines is 1. The zero-order valence-corrected chi connectivity index (χ0v) is 36.5. The molecule has 67 heavy (non-hydrogen) atoms. The molecule has 15 rings (SSSR count). The van der Waals surface area contributed by atoms with Gasteiger partial charge < -0.3 is 4.90 Å². The fourth-order valence-corrected chi connectivity index (χ4v) is 12.0. The van der Waals surface area contributed by atoms with Crippen LogP contribution in [0.3, 0.4) is 0 Å². The molecule has 9 aromatic carbocycles. The first kappa shape index (κ1) is 36.6. The van der Waals surface area contributed by atoms with Crippen molar-refractivity contribution in [3.63, 3.8) is 0 Å². The van der Waals surface area contributed by atoms with E-state index in [9.17, 15) is 0 Å². The average Bonchev–Trinajstić information content (AvgIpc) is 3.88. The fourth-order valence-electron chi connectivity index (χ4n) is 12.0. The number of fused-ring (bicyclic) bond motifs is 10. The van der Waals surface area contributed by atoms with Crippen LogP contribution in [0.25, 0.3) is 138 Å². The molecule has 0 saturated heterocycles. The molecule has 1 unspecified atom stereocenters. The van der Waals surface area contributed by atoms with Crippen LogP contribution in [0.5, 0.6) is 0 Å². The Labute approximate surface area is 386 Å². The quantitative estimate of drug-likeness (QED) is 0.165. The van der Waals surface area contributed by atoms with Gasteiger partial charge >= 0.3 is 0 Å². The minimum absolute atomic E-state index is 0.100. The third-order valence-corrected chi connectivity index (χ3v) is 14.8. The second-order valence-electron chi connectivity index (χ2n) is 18.2. The van der Waals surface area contributed by atoms with Crippen molar-refractivity contribution in [2.75, 3.05) is 11.9 Å². The minimum atomic E-state index is -0.100. The number of pyridine rings is 3. The maximum absolute atomic E-state index is 5.67. The molecule has 3 aromatic heterocycles. The molecule has 0 bridgehead atoms. The summed E-state index contributed by atoms with van der Waals surface area (Å²) in [6.07, 6.45) is 4.73. The van der Waals surface area contributed by atoms with Crippen LogP contribution in [-0.4, -0.2) is 22.0 Å². The summed E-state index contributed by atoms with van der Waals surface area (Å²) in [6.45, 7) is 0. The van der Waals surface area contributed by atoms with E-state index in [-0.39, 0.29) is 6.04 Å². The Kier molecular flexibility index (Phi) is 7.45. The molecular weight excluding hydrogens is 813 g/mol. The van der Waals surface area contributed by atoms with Crippen molar-refractivity contribution in [2.45, 2.75) is 6.04 Å². The number of hydrogen-bond donors (Lipinski definition) is 0. The first-order chi connectivity index (χ1) is 33.2. The van der Waals surface area contributed by atoms with Crippen molar-refractivity contribution in [3.05, 3.63) is 211 Å². The molecule has 0 fully saturated rings. The van der Waals surface area contributed by atoms with Crippen LogP contribution in [0.2, 0.25) is 0 Å². The zero-order chi connectivity index (χ0) is 43.9. The first-order valence-electron chi connectivity index (χ1n) is 23.1. The van der Waals surface area contributed by atoms with E-state index >= 15 is 0 Å². The molecular formula is C63H38N4. The lowest BCUT2D eigenvalue weighted by Gasteiger charge is -2.35. The highest BCUT2D eigenvalue weighted by Gasteiger charge is 2.35. The lowest BCUT2D eigenvalue weighted by atomic mass is 9.84. The Hall–Kier alpha value is -8.73. The largest absolute Gasteiger partial charge is 0.349 e. The summed E-state index contributed by atoms with van der Waals surface area (Å²) in [6, 6.07) is 70.3. The number of aromatic nitrogens is 3. The molecule has 2 aliphatic carbocycles. The van der Waals surface area contributed by atoms with Gasteiger partial charge in [-0.1, -0.05) is 194 Å². The topological polar surface area (TPSA) is 41.9 Å². The van der Waals surface area contributed by atoms with Crippen LogP contribution < -0.4 is 4.90 Å². The molecule has 310 valence electrons. The van der Waals surface area contributed by atoms with Crippen LogP contribution in [0.1, 0.15) is 17.2 Å². The van der Waals surface area contributed by atoms with Gasteiger partial charge in [-0.2, -0.15) is 0 Å². The Balaban J connectivity index is 0.945. The number of hydrogen-bond acceptors (Lipinski definition) is 4. The third kappa shape index (κ3) is 4.99. The summed E-state index contributed by atoms with van der Waals surface area (Å²) in [5, 5.41) is 10.8. The summed E-state index contributed by atoms with van der Waals surface area (Å²) >= 11 is 0. The van der Waals surface area contributed by atoms with Crippen LogP contribution in [0, 0.1) is 0 Å². The Bertz CT molecular complexity index is 4100. The van der Waals surface area contributed by atoms with Crippen LogP contribution in [-0.2, 0) is 0 Å². The summed E-state index contributed by atoms with van der Waals surface area (Å²) in [5.41, 5.74) is 19.2. The molecule has 12 aromatic rings. The molecule has 3 aliphatic rings. The predicted molar refractivity (Wildman–Crippen MR) is 279 cm³/mol. The molecule has 4 heterocycles. The van der Waals surface area contributed by atoms with Crippen molar-refractivity contribution in [1.82, 2.24) is 15.0 Å². The van der Waals surface area contributed by atoms with E-state index in [2.05, 4.69) is 218 Å². The van der Waals surface area contributed by atoms with E-state index in [0.29, 0.717) is 0 Å². The predicted octanol–water partition coefficient (Wildman–Crippen LogP) is 16.1. The van der Waals surface area contributed by atoms with E-state index in [1.807, 2.05) is 0 Å². The van der Waals surface area contributed by atoms with E-state index in [1.165, 1.54) is 82.4 Å². The normalized spacial score (nSPS) is 14.1. The van der Waals surface area contributed by atoms with Crippen LogP contribution >= 0.6 is 0 Å². The summed E-state index contributed by atoms with van der Waals surface area (Å²) < 4.78 is 0. The van der Waals surface area contributed by atoms with Gasteiger partial charge in [0.05, 0.1) is 23.1 Å². The standard InChI is InChI=1S/C63H38N4/c1-67-51(35-33-49-55(39-18-6-3-7-19-39)59-45-29-13-21-37-23-15-31-47(53(37)45)61(59)66-63(49)67)57-42-26-10-8-24-40(42)56(41-25-9-11-27-43(41)57)50-34-32-48-54(38-16-4-2-5-17-38)58-44-28-12-20-36-22-14-30-46(52(36)44)60(58)65-62(48)64-50/h2-35,51H,1H3. The lowest BCUT2D eigenvalue weighted by molar-refractivity contribution is 0.801. The molecule has 0 saturated carbocycles. The summed E-state index contributed by atoms with van der Waals surface area (Å²) in [5.74, 6) is 0.981. The second-order valence-corrected chi connectivity index (χ2v) is 18.2. The van der Waals surface area contributed by atoms with E-state index in [4.69, 9.17) is 15.0 Å². The fraction of sp³-hybridized carbons (Fsp3) is 0.0317. The molecule has 0 radical (unpaired) electrons. The van der Waals surface area contributed by atoms with Gasteiger partial charge in [0.15, 0.2) is 5.65 Å². The van der Waals surface area contributed by atoms with Crippen molar-refractivity contribution in [1.29, 1.82) is 0 Å². The smallest absolute Gasteiger partial charge is 0.161 e. The van der Waals surface area contributed by atoms with E-state index in [0.717, 1.165) is 67.0 Å². The number of nitrogens with zero attached hydrogens (tertiary/aromatic N) is 4. The van der Waals surface area contributed by atoms with Gasteiger partial charge in [0, 0.05) is 56.9 Å². The van der Waals surface area contributed by atoms with Crippen molar-refractivity contribution >= 4 is 66.0 Å². The maximum atomic E-state index is 5.67. The Morgan fingerprint density at radius 3 is 1.49 bits per heavy atom. The number of likely N-dealkylation sites (N-methyl/N-ethyl adjacent to an activating group) is 1. The number of rotatable bonds is 4. The third-order valence-electron chi connectivity index (χ3n) is 14.8. The Morgan fingerprint density at radius 1 is 0.388 bits per heavy atom. The van der Waals surface area contributed by atoms with Gasteiger partial charge in [-0.25, -0.2) is 15.0 Å². The monoisotopic (exact) mass is 850 g/mol. The van der Waals surface area contributed by atoms with Crippen LogP contribution in [0.15, 0.2) is 200 Å². The van der Waals surface area contributed by atoms with E-state index in [1.54, 1.807) is 0 Å². The van der Waals surface area contributed by atoms with Gasteiger partial charge in [0.1, 0.15) is 5.82 Å². The molecule has 1 atom stereocenters. The van der Waals surface area contributed by atoms with Gasteiger partial charge in [-0.3, -0.25) is 0 Å². The maximum Gasteiger partial charge on any atom is 0.161 e. The highest BCUT2D eigenvalue weighted by Crippen LogP contribution is 2.56.